The summed E-state index contributed by atoms with van der Waals surface area (Å²) >= 11 is 5.71. The number of hydrogen-bond donors (Lipinski definition) is 2. The van der Waals surface area contributed by atoms with Gasteiger partial charge in [0.1, 0.15) is 5.82 Å². The zero-order chi connectivity index (χ0) is 14.5. The Labute approximate surface area is 121 Å². The first-order valence-corrected chi connectivity index (χ1v) is 6.23. The number of halogens is 1. The van der Waals surface area contributed by atoms with Gasteiger partial charge in [-0.3, -0.25) is 9.59 Å². The second-order valence-electron chi connectivity index (χ2n) is 4.07. The molecule has 0 spiro atoms. The van der Waals surface area contributed by atoms with Crippen LogP contribution in [0.1, 0.15) is 17.3 Å². The van der Waals surface area contributed by atoms with Crippen molar-refractivity contribution in [1.29, 1.82) is 0 Å². The lowest BCUT2D eigenvalue weighted by molar-refractivity contribution is -0.114. The van der Waals surface area contributed by atoms with Gasteiger partial charge < -0.3 is 10.6 Å². The number of carbonyl (C=O) groups excluding carboxylic acids is 2. The number of nitrogens with zero attached hydrogens (tertiary/aromatic N) is 1. The molecule has 0 atom stereocenters. The summed E-state index contributed by atoms with van der Waals surface area (Å²) in [5.41, 5.74) is 1.11. The molecule has 6 heteroatoms. The molecule has 2 N–H and O–H groups in total. The van der Waals surface area contributed by atoms with E-state index < -0.39 is 0 Å². The quantitative estimate of drug-likeness (QED) is 0.912. The summed E-state index contributed by atoms with van der Waals surface area (Å²) in [7, 11) is 0. The van der Waals surface area contributed by atoms with E-state index in [1.54, 1.807) is 36.4 Å². The van der Waals surface area contributed by atoms with Gasteiger partial charge in [-0.15, -0.1) is 0 Å². The number of pyridine rings is 1. The third-order valence-electron chi connectivity index (χ3n) is 2.44. The molecule has 1 aromatic heterocycles. The van der Waals surface area contributed by atoms with Crippen LogP contribution in [-0.2, 0) is 4.79 Å². The lowest BCUT2D eigenvalue weighted by atomic mass is 10.2. The van der Waals surface area contributed by atoms with Gasteiger partial charge in [0.15, 0.2) is 0 Å². The van der Waals surface area contributed by atoms with Crippen molar-refractivity contribution in [1.82, 2.24) is 4.98 Å². The fourth-order valence-corrected chi connectivity index (χ4v) is 1.66. The molecule has 0 bridgehead atoms. The minimum atomic E-state index is -0.283. The van der Waals surface area contributed by atoms with Crippen LogP contribution in [0.5, 0.6) is 0 Å². The molecule has 1 aromatic carbocycles. The summed E-state index contributed by atoms with van der Waals surface area (Å²) in [5, 5.41) is 5.78. The van der Waals surface area contributed by atoms with Crippen molar-refractivity contribution in [3.63, 3.8) is 0 Å². The van der Waals surface area contributed by atoms with E-state index >= 15 is 0 Å². The van der Waals surface area contributed by atoms with E-state index in [0.717, 1.165) is 0 Å². The smallest absolute Gasteiger partial charge is 0.256 e. The average molecular weight is 290 g/mol. The molecule has 102 valence electrons. The number of aromatic nitrogens is 1. The highest BCUT2D eigenvalue weighted by atomic mass is 35.5. The molecule has 0 radical (unpaired) electrons. The van der Waals surface area contributed by atoms with Gasteiger partial charge in [0, 0.05) is 24.4 Å². The molecule has 0 saturated carbocycles. The first kappa shape index (κ1) is 14.0. The maximum atomic E-state index is 12.0. The zero-order valence-corrected chi connectivity index (χ0v) is 11.4. The predicted octanol–water partition coefficient (Wildman–Crippen LogP) is 2.95. The third kappa shape index (κ3) is 3.80. The van der Waals surface area contributed by atoms with Crippen LogP contribution >= 0.6 is 11.6 Å². The Kier molecular flexibility index (Phi) is 4.32. The molecule has 1 heterocycles. The van der Waals surface area contributed by atoms with E-state index in [-0.39, 0.29) is 11.8 Å². The number of amides is 2. The average Bonchev–Trinajstić information content (AvgIpc) is 2.41. The molecule has 0 fully saturated rings. The number of hydrogen-bond acceptors (Lipinski definition) is 3. The first-order chi connectivity index (χ1) is 9.54. The largest absolute Gasteiger partial charge is 0.326 e. The van der Waals surface area contributed by atoms with E-state index in [4.69, 9.17) is 11.6 Å². The van der Waals surface area contributed by atoms with E-state index in [1.165, 1.54) is 13.1 Å². The Morgan fingerprint density at radius 1 is 1.05 bits per heavy atom. The minimum absolute atomic E-state index is 0.160. The Hall–Kier alpha value is -2.40. The van der Waals surface area contributed by atoms with Gasteiger partial charge in [-0.05, 0) is 36.4 Å². The zero-order valence-electron chi connectivity index (χ0n) is 10.7. The molecule has 0 unspecified atom stereocenters. The summed E-state index contributed by atoms with van der Waals surface area (Å²) in [6.45, 7) is 1.42. The SMILES string of the molecule is CC(=O)Nc1ccc(C(=O)Nc2ccc(Cl)cn2)cc1. The predicted molar refractivity (Wildman–Crippen MR) is 77.9 cm³/mol. The number of nitrogens with one attached hydrogen (secondary N) is 2. The van der Waals surface area contributed by atoms with Crippen molar-refractivity contribution < 1.29 is 9.59 Å². The lowest BCUT2D eigenvalue weighted by Crippen LogP contribution is -2.13. The normalized spacial score (nSPS) is 9.90. The lowest BCUT2D eigenvalue weighted by Gasteiger charge is -2.06. The molecule has 20 heavy (non-hydrogen) atoms. The van der Waals surface area contributed by atoms with Crippen LogP contribution in [0.15, 0.2) is 42.6 Å². The summed E-state index contributed by atoms with van der Waals surface area (Å²) in [5.74, 6) is -0.0212. The minimum Gasteiger partial charge on any atom is -0.326 e. The fraction of sp³-hybridized carbons (Fsp3) is 0.0714. The number of anilines is 2. The highest BCUT2D eigenvalue weighted by Gasteiger charge is 2.07. The van der Waals surface area contributed by atoms with E-state index in [0.29, 0.717) is 22.1 Å². The molecule has 2 amide bonds. The number of rotatable bonds is 3. The second kappa shape index (κ2) is 6.16. The Morgan fingerprint density at radius 2 is 1.75 bits per heavy atom. The Bertz CT molecular complexity index is 624. The van der Waals surface area contributed by atoms with Gasteiger partial charge in [0.2, 0.25) is 5.91 Å². The molecule has 0 aliphatic carbocycles. The molecular formula is C14H12ClN3O2. The van der Waals surface area contributed by atoms with Crippen molar-refractivity contribution in [2.75, 3.05) is 10.6 Å². The van der Waals surface area contributed by atoms with Gasteiger partial charge in [-0.1, -0.05) is 11.6 Å². The van der Waals surface area contributed by atoms with Crippen molar-refractivity contribution in [2.45, 2.75) is 6.92 Å². The molecule has 2 aromatic rings. The molecule has 2 rings (SSSR count). The van der Waals surface area contributed by atoms with Crippen molar-refractivity contribution >= 4 is 34.9 Å². The van der Waals surface area contributed by atoms with Gasteiger partial charge in [0.25, 0.3) is 5.91 Å². The maximum absolute atomic E-state index is 12.0. The van der Waals surface area contributed by atoms with E-state index in [2.05, 4.69) is 15.6 Å². The van der Waals surface area contributed by atoms with Gasteiger partial charge in [-0.2, -0.15) is 0 Å². The maximum Gasteiger partial charge on any atom is 0.256 e. The second-order valence-corrected chi connectivity index (χ2v) is 4.51. The van der Waals surface area contributed by atoms with Crippen LogP contribution < -0.4 is 10.6 Å². The van der Waals surface area contributed by atoms with Gasteiger partial charge in [0.05, 0.1) is 5.02 Å². The number of benzene rings is 1. The van der Waals surface area contributed by atoms with Crippen molar-refractivity contribution in [2.24, 2.45) is 0 Å². The monoisotopic (exact) mass is 289 g/mol. The standard InChI is InChI=1S/C14H12ClN3O2/c1-9(19)17-12-5-2-10(3-6-12)14(20)18-13-7-4-11(15)8-16-13/h2-8H,1H3,(H,17,19)(H,16,18,20). The highest BCUT2D eigenvalue weighted by molar-refractivity contribution is 6.30. The van der Waals surface area contributed by atoms with Gasteiger partial charge >= 0.3 is 0 Å². The molecule has 0 aliphatic heterocycles. The van der Waals surface area contributed by atoms with Crippen LogP contribution in [0.2, 0.25) is 5.02 Å². The van der Waals surface area contributed by atoms with Crippen LogP contribution in [0.4, 0.5) is 11.5 Å². The fourth-order valence-electron chi connectivity index (χ4n) is 1.55. The van der Waals surface area contributed by atoms with E-state index in [1.807, 2.05) is 0 Å². The van der Waals surface area contributed by atoms with Crippen molar-refractivity contribution in [3.05, 3.63) is 53.2 Å². The summed E-state index contributed by atoms with van der Waals surface area (Å²) in [4.78, 5) is 26.8. The first-order valence-electron chi connectivity index (χ1n) is 5.85. The Morgan fingerprint density at radius 3 is 2.30 bits per heavy atom. The molecule has 0 saturated heterocycles. The third-order valence-corrected chi connectivity index (χ3v) is 2.66. The summed E-state index contributed by atoms with van der Waals surface area (Å²) in [6.07, 6.45) is 1.46. The van der Waals surface area contributed by atoms with Crippen LogP contribution in [0.25, 0.3) is 0 Å². The van der Waals surface area contributed by atoms with Crippen molar-refractivity contribution in [3.8, 4) is 0 Å². The number of carbonyl (C=O) groups is 2. The van der Waals surface area contributed by atoms with Gasteiger partial charge in [-0.25, -0.2) is 4.98 Å². The van der Waals surface area contributed by atoms with Crippen LogP contribution in [0, 0.1) is 0 Å². The summed E-state index contributed by atoms with van der Waals surface area (Å²) < 4.78 is 0. The van der Waals surface area contributed by atoms with Crippen LogP contribution in [0.3, 0.4) is 0 Å². The molecule has 5 nitrogen and oxygen atoms in total. The highest BCUT2D eigenvalue weighted by Crippen LogP contribution is 2.13. The van der Waals surface area contributed by atoms with Crippen LogP contribution in [-0.4, -0.2) is 16.8 Å². The summed E-state index contributed by atoms with van der Waals surface area (Å²) in [6, 6.07) is 9.82. The Balaban J connectivity index is 2.05. The molecule has 0 aliphatic rings. The van der Waals surface area contributed by atoms with E-state index in [9.17, 15) is 9.59 Å². The topological polar surface area (TPSA) is 71.1 Å². The molecular weight excluding hydrogens is 278 g/mol.